The summed E-state index contributed by atoms with van der Waals surface area (Å²) in [4.78, 5) is 27.0. The predicted octanol–water partition coefficient (Wildman–Crippen LogP) is 6.40. The zero-order valence-corrected chi connectivity index (χ0v) is 23.5. The average Bonchev–Trinajstić information content (AvgIpc) is 3.01. The van der Waals surface area contributed by atoms with Crippen molar-refractivity contribution < 1.29 is 18.0 Å². The van der Waals surface area contributed by atoms with E-state index in [1.54, 1.807) is 66.7 Å². The van der Waals surface area contributed by atoms with Crippen molar-refractivity contribution in [1.29, 1.82) is 0 Å². The molecule has 210 valence electrons. The Morgan fingerprint density at radius 3 is 1.98 bits per heavy atom. The van der Waals surface area contributed by atoms with Gasteiger partial charge < -0.3 is 10.6 Å². The molecule has 41 heavy (non-hydrogen) atoms. The first-order valence-electron chi connectivity index (χ1n) is 13.9. The van der Waals surface area contributed by atoms with E-state index in [9.17, 15) is 18.0 Å². The van der Waals surface area contributed by atoms with Gasteiger partial charge in [-0.2, -0.15) is 0 Å². The van der Waals surface area contributed by atoms with Crippen LogP contribution in [0, 0.1) is 0 Å². The molecule has 0 radical (unpaired) electrons. The minimum absolute atomic E-state index is 0.0305. The molecule has 1 aliphatic carbocycles. The maximum atomic E-state index is 13.9. The van der Waals surface area contributed by atoms with Gasteiger partial charge >= 0.3 is 0 Å². The second-order valence-electron chi connectivity index (χ2n) is 10.1. The minimum Gasteiger partial charge on any atom is -0.349 e. The number of anilines is 2. The van der Waals surface area contributed by atoms with Gasteiger partial charge in [0.15, 0.2) is 0 Å². The number of para-hydroxylation sites is 2. The molecule has 0 atom stereocenters. The first-order valence-corrected chi connectivity index (χ1v) is 15.3. The third-order valence-corrected chi connectivity index (χ3v) is 9.05. The van der Waals surface area contributed by atoms with Gasteiger partial charge in [-0.1, -0.05) is 92.1 Å². The molecule has 0 bridgehead atoms. The van der Waals surface area contributed by atoms with Crippen molar-refractivity contribution in [3.8, 4) is 0 Å². The van der Waals surface area contributed by atoms with Crippen molar-refractivity contribution in [3.63, 3.8) is 0 Å². The Balaban J connectivity index is 1.47. The minimum atomic E-state index is -4.03. The number of rotatable bonds is 9. The van der Waals surface area contributed by atoms with Gasteiger partial charge in [0, 0.05) is 6.04 Å². The van der Waals surface area contributed by atoms with E-state index >= 15 is 0 Å². The molecule has 0 heterocycles. The third-order valence-electron chi connectivity index (χ3n) is 7.28. The fourth-order valence-electron chi connectivity index (χ4n) is 5.14. The molecule has 1 aliphatic rings. The molecule has 1 saturated carbocycles. The molecule has 0 aliphatic heterocycles. The number of nitrogens with zero attached hydrogens (tertiary/aromatic N) is 1. The number of carbonyl (C=O) groups excluding carboxylic acids is 2. The summed E-state index contributed by atoms with van der Waals surface area (Å²) in [6.45, 7) is 0.0305. The smallest absolute Gasteiger partial charge is 0.264 e. The van der Waals surface area contributed by atoms with Gasteiger partial charge in [-0.15, -0.1) is 0 Å². The highest BCUT2D eigenvalue weighted by molar-refractivity contribution is 7.92. The number of carbonyl (C=O) groups is 2. The summed E-state index contributed by atoms with van der Waals surface area (Å²) in [5.74, 6) is -0.752. The van der Waals surface area contributed by atoms with Crippen LogP contribution in [0.2, 0.25) is 0 Å². The summed E-state index contributed by atoms with van der Waals surface area (Å²) in [6.07, 6.45) is 5.25. The molecule has 2 amide bonds. The Bertz CT molecular complexity index is 1600. The molecule has 0 spiro atoms. The molecular formula is C33H33N3O4S. The third kappa shape index (κ3) is 6.66. The van der Waals surface area contributed by atoms with Crippen molar-refractivity contribution in [2.24, 2.45) is 0 Å². The van der Waals surface area contributed by atoms with Gasteiger partial charge in [0.25, 0.3) is 21.8 Å². The van der Waals surface area contributed by atoms with Crippen LogP contribution < -0.4 is 14.9 Å². The number of hydrogen-bond acceptors (Lipinski definition) is 4. The first-order chi connectivity index (χ1) is 19.9. The molecule has 5 rings (SSSR count). The Morgan fingerprint density at radius 1 is 0.683 bits per heavy atom. The van der Waals surface area contributed by atoms with E-state index in [-0.39, 0.29) is 34.6 Å². The highest BCUT2D eigenvalue weighted by Crippen LogP contribution is 2.30. The standard InChI is InChI=1S/C33H33N3O4S/c37-32(34-26-16-6-2-7-17-26)28-20-10-12-22-30(28)35-33(38)29-21-11-13-23-31(29)36(24-25-14-4-1-5-15-25)41(39,40)27-18-8-3-9-19-27/h1,3-5,8-15,18-23,26H,2,6-7,16-17,24H2,(H,34,37)(H,35,38). The molecule has 4 aromatic carbocycles. The SMILES string of the molecule is O=C(NC1CCCCC1)c1ccccc1NC(=O)c1ccccc1N(Cc1ccccc1)S(=O)(=O)c1ccccc1. The Morgan fingerprint density at radius 2 is 1.27 bits per heavy atom. The Labute approximate surface area is 241 Å². The van der Waals surface area contributed by atoms with Crippen molar-refractivity contribution in [2.75, 3.05) is 9.62 Å². The second kappa shape index (κ2) is 12.8. The Hall–Kier alpha value is -4.43. The van der Waals surface area contributed by atoms with Crippen LogP contribution in [0.15, 0.2) is 114 Å². The maximum absolute atomic E-state index is 13.9. The van der Waals surface area contributed by atoms with Gasteiger partial charge in [-0.05, 0) is 54.8 Å². The molecule has 0 unspecified atom stereocenters. The lowest BCUT2D eigenvalue weighted by atomic mass is 9.95. The zero-order chi connectivity index (χ0) is 28.7. The molecule has 0 aromatic heterocycles. The lowest BCUT2D eigenvalue weighted by Gasteiger charge is -2.27. The van der Waals surface area contributed by atoms with Crippen LogP contribution in [-0.4, -0.2) is 26.3 Å². The van der Waals surface area contributed by atoms with E-state index in [4.69, 9.17) is 0 Å². The molecule has 7 nitrogen and oxygen atoms in total. The number of sulfonamides is 1. The summed E-state index contributed by atoms with van der Waals surface area (Å²) < 4.78 is 29.1. The molecule has 8 heteroatoms. The van der Waals surface area contributed by atoms with Gasteiger partial charge in [0.05, 0.1) is 33.9 Å². The fourth-order valence-corrected chi connectivity index (χ4v) is 6.63. The van der Waals surface area contributed by atoms with Gasteiger partial charge in [0.1, 0.15) is 0 Å². The highest BCUT2D eigenvalue weighted by Gasteiger charge is 2.29. The van der Waals surface area contributed by atoms with E-state index < -0.39 is 15.9 Å². The molecule has 2 N–H and O–H groups in total. The summed E-state index contributed by atoms with van der Waals surface area (Å²) in [6, 6.07) is 31.0. The first kappa shape index (κ1) is 28.1. The fraction of sp³-hybridized carbons (Fsp3) is 0.212. The van der Waals surface area contributed by atoms with Crippen LogP contribution in [0.25, 0.3) is 0 Å². The molecular weight excluding hydrogens is 534 g/mol. The van der Waals surface area contributed by atoms with E-state index in [0.717, 1.165) is 31.2 Å². The Kier molecular flexibility index (Phi) is 8.79. The summed E-state index contributed by atoms with van der Waals surface area (Å²) in [5.41, 5.74) is 1.90. The van der Waals surface area contributed by atoms with Crippen LogP contribution in [0.5, 0.6) is 0 Å². The van der Waals surface area contributed by atoms with Crippen molar-refractivity contribution in [3.05, 3.63) is 126 Å². The average molecular weight is 568 g/mol. The topological polar surface area (TPSA) is 95.6 Å². The van der Waals surface area contributed by atoms with E-state index in [1.807, 2.05) is 30.3 Å². The number of hydrogen-bond donors (Lipinski definition) is 2. The number of benzene rings is 4. The lowest BCUT2D eigenvalue weighted by molar-refractivity contribution is 0.0928. The van der Waals surface area contributed by atoms with Crippen molar-refractivity contribution >= 4 is 33.2 Å². The van der Waals surface area contributed by atoms with Gasteiger partial charge in [-0.3, -0.25) is 13.9 Å². The largest absolute Gasteiger partial charge is 0.349 e. The van der Waals surface area contributed by atoms with E-state index in [2.05, 4.69) is 10.6 Å². The van der Waals surface area contributed by atoms with Crippen LogP contribution in [0.1, 0.15) is 58.4 Å². The maximum Gasteiger partial charge on any atom is 0.264 e. The summed E-state index contributed by atoms with van der Waals surface area (Å²) >= 11 is 0. The normalized spacial score (nSPS) is 13.8. The molecule has 0 saturated heterocycles. The monoisotopic (exact) mass is 567 g/mol. The van der Waals surface area contributed by atoms with E-state index in [0.29, 0.717) is 11.3 Å². The number of nitrogens with one attached hydrogen (secondary N) is 2. The zero-order valence-electron chi connectivity index (χ0n) is 22.7. The van der Waals surface area contributed by atoms with Gasteiger partial charge in [0.2, 0.25) is 0 Å². The second-order valence-corrected chi connectivity index (χ2v) is 12.0. The van der Waals surface area contributed by atoms with Crippen LogP contribution in [0.3, 0.4) is 0 Å². The van der Waals surface area contributed by atoms with Crippen molar-refractivity contribution in [2.45, 2.75) is 49.6 Å². The molecule has 1 fully saturated rings. The molecule has 4 aromatic rings. The summed E-state index contributed by atoms with van der Waals surface area (Å²) in [7, 11) is -4.03. The summed E-state index contributed by atoms with van der Waals surface area (Å²) in [5, 5.41) is 5.98. The van der Waals surface area contributed by atoms with Gasteiger partial charge in [-0.25, -0.2) is 8.42 Å². The van der Waals surface area contributed by atoms with Crippen LogP contribution in [0.4, 0.5) is 11.4 Å². The number of amides is 2. The van der Waals surface area contributed by atoms with Crippen molar-refractivity contribution in [1.82, 2.24) is 5.32 Å². The quantitative estimate of drug-likeness (QED) is 0.245. The van der Waals surface area contributed by atoms with Crippen LogP contribution >= 0.6 is 0 Å². The predicted molar refractivity (Wildman–Crippen MR) is 161 cm³/mol. The highest BCUT2D eigenvalue weighted by atomic mass is 32.2. The van der Waals surface area contributed by atoms with Crippen LogP contribution in [-0.2, 0) is 16.6 Å². The van der Waals surface area contributed by atoms with E-state index in [1.165, 1.54) is 22.9 Å². The lowest BCUT2D eigenvalue weighted by Crippen LogP contribution is -2.36.